The second kappa shape index (κ2) is 6.53. The molecule has 2 rings (SSSR count). The van der Waals surface area contributed by atoms with E-state index in [1.54, 1.807) is 0 Å². The lowest BCUT2D eigenvalue weighted by Crippen LogP contribution is -2.50. The third kappa shape index (κ3) is 3.80. The molecule has 2 aliphatic heterocycles. The third-order valence-corrected chi connectivity index (χ3v) is 4.41. The van der Waals surface area contributed by atoms with Crippen molar-refractivity contribution in [2.24, 2.45) is 5.73 Å². The van der Waals surface area contributed by atoms with Crippen molar-refractivity contribution in [2.75, 3.05) is 26.2 Å². The highest BCUT2D eigenvalue weighted by molar-refractivity contribution is 5.80. The van der Waals surface area contributed by atoms with E-state index < -0.39 is 0 Å². The lowest BCUT2D eigenvalue weighted by atomic mass is 10.0. The van der Waals surface area contributed by atoms with Gasteiger partial charge in [0.25, 0.3) is 0 Å². The van der Waals surface area contributed by atoms with Crippen LogP contribution in [0.4, 0.5) is 0 Å². The van der Waals surface area contributed by atoms with E-state index >= 15 is 0 Å². The zero-order chi connectivity index (χ0) is 13.8. The van der Waals surface area contributed by atoms with Crippen LogP contribution in [0.2, 0.25) is 0 Å². The normalized spacial score (nSPS) is 26.5. The van der Waals surface area contributed by atoms with Crippen molar-refractivity contribution in [2.45, 2.75) is 51.6 Å². The molecule has 1 atom stereocenters. The molecule has 0 radical (unpaired) electrons. The Bertz CT molecular complexity index is 341. The quantitative estimate of drug-likeness (QED) is 0.781. The minimum absolute atomic E-state index is 0.00525. The molecule has 0 aliphatic carbocycles. The summed E-state index contributed by atoms with van der Waals surface area (Å²) in [5.74, 6) is -0.135. The lowest BCUT2D eigenvalue weighted by Gasteiger charge is -2.38. The summed E-state index contributed by atoms with van der Waals surface area (Å²) < 4.78 is 0. The van der Waals surface area contributed by atoms with Crippen molar-refractivity contribution in [3.63, 3.8) is 0 Å². The van der Waals surface area contributed by atoms with E-state index in [0.717, 1.165) is 39.0 Å². The molecular formula is C15H27N3O. The molecule has 0 bridgehead atoms. The summed E-state index contributed by atoms with van der Waals surface area (Å²) in [5, 5.41) is 0. The number of carbonyl (C=O) groups excluding carboxylic acids is 1. The summed E-state index contributed by atoms with van der Waals surface area (Å²) in [5.41, 5.74) is 6.89. The van der Waals surface area contributed by atoms with Crippen molar-refractivity contribution in [3.05, 3.63) is 11.6 Å². The first-order valence-corrected chi connectivity index (χ1v) is 7.48. The summed E-state index contributed by atoms with van der Waals surface area (Å²) in [6.07, 6.45) is 6.70. The average molecular weight is 265 g/mol. The summed E-state index contributed by atoms with van der Waals surface area (Å²) in [6.45, 7) is 8.68. The van der Waals surface area contributed by atoms with Crippen LogP contribution in [0.3, 0.4) is 0 Å². The van der Waals surface area contributed by atoms with Gasteiger partial charge in [0.05, 0.1) is 6.04 Å². The molecule has 4 nitrogen and oxygen atoms in total. The SMILES string of the molecule is CC(C)=CCN1CCC(N2CCC[C@@H]2C(N)=O)CC1. The van der Waals surface area contributed by atoms with Gasteiger partial charge in [0.15, 0.2) is 0 Å². The average Bonchev–Trinajstić information content (AvgIpc) is 2.86. The zero-order valence-electron chi connectivity index (χ0n) is 12.3. The minimum Gasteiger partial charge on any atom is -0.368 e. The Morgan fingerprint density at radius 3 is 2.47 bits per heavy atom. The van der Waals surface area contributed by atoms with Crippen molar-refractivity contribution in [1.29, 1.82) is 0 Å². The van der Waals surface area contributed by atoms with E-state index in [4.69, 9.17) is 5.73 Å². The van der Waals surface area contributed by atoms with Crippen LogP contribution in [0.25, 0.3) is 0 Å². The van der Waals surface area contributed by atoms with E-state index in [1.807, 2.05) is 0 Å². The second-order valence-electron chi connectivity index (χ2n) is 6.11. The van der Waals surface area contributed by atoms with Crippen molar-refractivity contribution < 1.29 is 4.79 Å². The van der Waals surface area contributed by atoms with Gasteiger partial charge in [-0.25, -0.2) is 0 Å². The van der Waals surface area contributed by atoms with Crippen LogP contribution in [-0.4, -0.2) is 54.0 Å². The molecule has 2 fully saturated rings. The summed E-state index contributed by atoms with van der Waals surface area (Å²) >= 11 is 0. The number of likely N-dealkylation sites (tertiary alicyclic amines) is 2. The number of piperidine rings is 1. The standard InChI is InChI=1S/C15H27N3O/c1-12(2)5-9-17-10-6-13(7-11-17)18-8-3-4-14(18)15(16)19/h5,13-14H,3-4,6-11H2,1-2H3,(H2,16,19)/t14-/m1/s1. The molecule has 2 aliphatic rings. The molecule has 108 valence electrons. The number of nitrogens with zero attached hydrogens (tertiary/aromatic N) is 2. The predicted octanol–water partition coefficient (Wildman–Crippen LogP) is 1.37. The second-order valence-corrected chi connectivity index (χ2v) is 6.11. The van der Waals surface area contributed by atoms with Crippen LogP contribution in [-0.2, 0) is 4.79 Å². The Balaban J connectivity index is 1.83. The van der Waals surface area contributed by atoms with E-state index in [9.17, 15) is 4.79 Å². The molecule has 0 saturated carbocycles. The van der Waals surface area contributed by atoms with Crippen LogP contribution in [0, 0.1) is 0 Å². The molecule has 19 heavy (non-hydrogen) atoms. The zero-order valence-corrected chi connectivity index (χ0v) is 12.3. The minimum atomic E-state index is -0.135. The number of hydrogen-bond acceptors (Lipinski definition) is 3. The molecule has 1 amide bonds. The number of nitrogens with two attached hydrogens (primary N) is 1. The molecule has 2 saturated heterocycles. The maximum Gasteiger partial charge on any atom is 0.234 e. The number of primary amides is 1. The smallest absolute Gasteiger partial charge is 0.234 e. The monoisotopic (exact) mass is 265 g/mol. The molecular weight excluding hydrogens is 238 g/mol. The van der Waals surface area contributed by atoms with E-state index in [1.165, 1.54) is 18.4 Å². The third-order valence-electron chi connectivity index (χ3n) is 4.41. The maximum absolute atomic E-state index is 11.5. The van der Waals surface area contributed by atoms with Crippen molar-refractivity contribution in [1.82, 2.24) is 9.80 Å². The van der Waals surface area contributed by atoms with Gasteiger partial charge < -0.3 is 5.73 Å². The Morgan fingerprint density at radius 2 is 1.89 bits per heavy atom. The van der Waals surface area contributed by atoms with E-state index in [0.29, 0.717) is 6.04 Å². The Labute approximate surface area is 116 Å². The Hall–Kier alpha value is -0.870. The van der Waals surface area contributed by atoms with Gasteiger partial charge in [0, 0.05) is 12.6 Å². The molecule has 2 N–H and O–H groups in total. The van der Waals surface area contributed by atoms with Crippen molar-refractivity contribution in [3.8, 4) is 0 Å². The van der Waals surface area contributed by atoms with Gasteiger partial charge >= 0.3 is 0 Å². The number of amides is 1. The fourth-order valence-electron chi connectivity index (χ4n) is 3.28. The Morgan fingerprint density at radius 1 is 1.21 bits per heavy atom. The Kier molecular flexibility index (Phi) is 4.99. The van der Waals surface area contributed by atoms with Gasteiger partial charge in [0.2, 0.25) is 5.91 Å². The number of allylic oxidation sites excluding steroid dienone is 1. The molecule has 4 heteroatoms. The molecule has 0 aromatic rings. The van der Waals surface area contributed by atoms with E-state index in [-0.39, 0.29) is 11.9 Å². The number of carbonyl (C=O) groups is 1. The first kappa shape index (κ1) is 14.5. The first-order chi connectivity index (χ1) is 9.08. The largest absolute Gasteiger partial charge is 0.368 e. The molecule has 0 aromatic heterocycles. The summed E-state index contributed by atoms with van der Waals surface area (Å²) in [7, 11) is 0. The highest BCUT2D eigenvalue weighted by Gasteiger charge is 2.35. The van der Waals surface area contributed by atoms with E-state index in [2.05, 4.69) is 29.7 Å². The first-order valence-electron chi connectivity index (χ1n) is 7.48. The van der Waals surface area contributed by atoms with Crippen LogP contribution in [0.5, 0.6) is 0 Å². The summed E-state index contributed by atoms with van der Waals surface area (Å²) in [6, 6.07) is 0.553. The van der Waals surface area contributed by atoms with Crippen molar-refractivity contribution >= 4 is 5.91 Å². The maximum atomic E-state index is 11.5. The van der Waals surface area contributed by atoms with Gasteiger partial charge in [-0.1, -0.05) is 11.6 Å². The van der Waals surface area contributed by atoms with Gasteiger partial charge in [-0.3, -0.25) is 14.6 Å². The van der Waals surface area contributed by atoms with Crippen LogP contribution >= 0.6 is 0 Å². The lowest BCUT2D eigenvalue weighted by molar-refractivity contribution is -0.123. The highest BCUT2D eigenvalue weighted by Crippen LogP contribution is 2.25. The van der Waals surface area contributed by atoms with Crippen LogP contribution < -0.4 is 5.73 Å². The number of rotatable bonds is 4. The van der Waals surface area contributed by atoms with Gasteiger partial charge in [-0.2, -0.15) is 0 Å². The fraction of sp³-hybridized carbons (Fsp3) is 0.800. The molecule has 0 spiro atoms. The summed E-state index contributed by atoms with van der Waals surface area (Å²) in [4.78, 5) is 16.3. The predicted molar refractivity (Wildman–Crippen MR) is 77.8 cm³/mol. The van der Waals surface area contributed by atoms with Gasteiger partial charge in [0.1, 0.15) is 0 Å². The highest BCUT2D eigenvalue weighted by atomic mass is 16.1. The number of hydrogen-bond donors (Lipinski definition) is 1. The molecule has 2 heterocycles. The van der Waals surface area contributed by atoms with Crippen LogP contribution in [0.15, 0.2) is 11.6 Å². The molecule has 0 aromatic carbocycles. The van der Waals surface area contributed by atoms with Gasteiger partial charge in [-0.05, 0) is 59.2 Å². The van der Waals surface area contributed by atoms with Gasteiger partial charge in [-0.15, -0.1) is 0 Å². The topological polar surface area (TPSA) is 49.6 Å². The molecule has 0 unspecified atom stereocenters. The van der Waals surface area contributed by atoms with Crippen LogP contribution in [0.1, 0.15) is 39.5 Å². The fourth-order valence-corrected chi connectivity index (χ4v) is 3.28.